The van der Waals surface area contributed by atoms with Crippen LogP contribution in [0.25, 0.3) is 16.9 Å². The summed E-state index contributed by atoms with van der Waals surface area (Å²) in [5, 5.41) is 4.39. The molecule has 20 heavy (non-hydrogen) atoms. The molecule has 100 valence electrons. The van der Waals surface area contributed by atoms with Gasteiger partial charge in [-0.05, 0) is 24.3 Å². The van der Waals surface area contributed by atoms with Gasteiger partial charge in [-0.3, -0.25) is 4.98 Å². The Hall–Kier alpha value is -2.05. The van der Waals surface area contributed by atoms with E-state index in [1.54, 1.807) is 16.9 Å². The summed E-state index contributed by atoms with van der Waals surface area (Å²) in [6, 6.07) is 7.55. The predicted octanol–water partition coefficient (Wildman–Crippen LogP) is 2.16. The van der Waals surface area contributed by atoms with E-state index >= 15 is 0 Å². The molecule has 0 aliphatic carbocycles. The standard InChI is InChI=1S/C13H10ClN5S/c14-7-11-17-13-9(12(15)20)1-2-10(19(13)18-11)8-3-5-16-6-4-8/h1-6H,7H2,(H2,15,20). The SMILES string of the molecule is NC(=S)c1ccc(-c2ccncc2)n2nc(CCl)nc12. The number of aromatic nitrogens is 4. The minimum Gasteiger partial charge on any atom is -0.389 e. The van der Waals surface area contributed by atoms with E-state index < -0.39 is 0 Å². The predicted molar refractivity (Wildman–Crippen MR) is 81.7 cm³/mol. The van der Waals surface area contributed by atoms with Gasteiger partial charge in [-0.2, -0.15) is 0 Å². The number of hydrogen-bond acceptors (Lipinski definition) is 4. The van der Waals surface area contributed by atoms with Gasteiger partial charge >= 0.3 is 0 Å². The fraction of sp³-hybridized carbons (Fsp3) is 0.0769. The van der Waals surface area contributed by atoms with Gasteiger partial charge in [0.2, 0.25) is 0 Å². The van der Waals surface area contributed by atoms with Crippen molar-refractivity contribution in [1.82, 2.24) is 19.6 Å². The molecule has 3 heterocycles. The first kappa shape index (κ1) is 13.0. The summed E-state index contributed by atoms with van der Waals surface area (Å²) in [7, 11) is 0. The van der Waals surface area contributed by atoms with Gasteiger partial charge in [-0.25, -0.2) is 9.50 Å². The van der Waals surface area contributed by atoms with Gasteiger partial charge in [-0.15, -0.1) is 16.7 Å². The average molecular weight is 304 g/mol. The van der Waals surface area contributed by atoms with E-state index in [1.807, 2.05) is 24.3 Å². The fourth-order valence-electron chi connectivity index (χ4n) is 1.99. The zero-order valence-electron chi connectivity index (χ0n) is 10.3. The lowest BCUT2D eigenvalue weighted by Crippen LogP contribution is -2.12. The highest BCUT2D eigenvalue weighted by atomic mass is 35.5. The van der Waals surface area contributed by atoms with Crippen LogP contribution in [0.3, 0.4) is 0 Å². The molecule has 0 bridgehead atoms. The highest BCUT2D eigenvalue weighted by Gasteiger charge is 2.13. The van der Waals surface area contributed by atoms with Crippen LogP contribution >= 0.6 is 23.8 Å². The van der Waals surface area contributed by atoms with Gasteiger partial charge in [0.15, 0.2) is 11.5 Å². The first-order valence-electron chi connectivity index (χ1n) is 5.85. The van der Waals surface area contributed by atoms with Crippen LogP contribution in [0.4, 0.5) is 0 Å². The second-order valence-electron chi connectivity index (χ2n) is 4.13. The van der Waals surface area contributed by atoms with E-state index in [0.717, 1.165) is 11.3 Å². The number of rotatable bonds is 3. The molecule has 0 aliphatic rings. The molecule has 0 amide bonds. The molecule has 0 spiro atoms. The Labute approximate surface area is 125 Å². The second-order valence-corrected chi connectivity index (χ2v) is 4.84. The third kappa shape index (κ3) is 2.13. The van der Waals surface area contributed by atoms with E-state index in [2.05, 4.69) is 15.1 Å². The van der Waals surface area contributed by atoms with Crippen molar-refractivity contribution < 1.29 is 0 Å². The van der Waals surface area contributed by atoms with E-state index in [9.17, 15) is 0 Å². The molecule has 0 saturated heterocycles. The average Bonchev–Trinajstić information content (AvgIpc) is 2.90. The molecule has 0 aliphatic heterocycles. The summed E-state index contributed by atoms with van der Waals surface area (Å²) in [6.45, 7) is 0. The molecule has 5 nitrogen and oxygen atoms in total. The van der Waals surface area contributed by atoms with Gasteiger partial charge in [0.05, 0.1) is 17.1 Å². The zero-order valence-corrected chi connectivity index (χ0v) is 11.9. The first-order chi connectivity index (χ1) is 9.70. The van der Waals surface area contributed by atoms with Crippen molar-refractivity contribution >= 4 is 34.5 Å². The van der Waals surface area contributed by atoms with E-state index in [0.29, 0.717) is 17.0 Å². The monoisotopic (exact) mass is 303 g/mol. The zero-order chi connectivity index (χ0) is 14.1. The van der Waals surface area contributed by atoms with Crippen LogP contribution in [0.1, 0.15) is 11.4 Å². The number of alkyl halides is 1. The largest absolute Gasteiger partial charge is 0.389 e. The van der Waals surface area contributed by atoms with Crippen LogP contribution in [0.15, 0.2) is 36.7 Å². The molecule has 0 radical (unpaired) electrons. The quantitative estimate of drug-likeness (QED) is 0.593. The summed E-state index contributed by atoms with van der Waals surface area (Å²) >= 11 is 10.9. The van der Waals surface area contributed by atoms with E-state index in [-0.39, 0.29) is 10.9 Å². The third-order valence-corrected chi connectivity index (χ3v) is 3.35. The van der Waals surface area contributed by atoms with Gasteiger partial charge in [0.25, 0.3) is 0 Å². The number of pyridine rings is 2. The van der Waals surface area contributed by atoms with Gasteiger partial charge in [0, 0.05) is 18.0 Å². The lowest BCUT2D eigenvalue weighted by Gasteiger charge is -2.06. The Morgan fingerprint density at radius 2 is 2.00 bits per heavy atom. The van der Waals surface area contributed by atoms with Crippen molar-refractivity contribution in [2.24, 2.45) is 5.73 Å². The summed E-state index contributed by atoms with van der Waals surface area (Å²) < 4.78 is 1.71. The molecule has 7 heteroatoms. The molecule has 0 saturated carbocycles. The Morgan fingerprint density at radius 1 is 1.25 bits per heavy atom. The van der Waals surface area contributed by atoms with Crippen molar-refractivity contribution in [3.63, 3.8) is 0 Å². The number of nitrogens with two attached hydrogens (primary N) is 1. The maximum atomic E-state index is 5.82. The van der Waals surface area contributed by atoms with Gasteiger partial charge in [0.1, 0.15) is 4.99 Å². The van der Waals surface area contributed by atoms with Crippen LogP contribution in [0.5, 0.6) is 0 Å². The van der Waals surface area contributed by atoms with E-state index in [4.69, 9.17) is 29.6 Å². The summed E-state index contributed by atoms with van der Waals surface area (Å²) in [5.41, 5.74) is 8.88. The topological polar surface area (TPSA) is 69.1 Å². The van der Waals surface area contributed by atoms with Crippen molar-refractivity contribution in [1.29, 1.82) is 0 Å². The number of hydrogen-bond donors (Lipinski definition) is 1. The number of nitrogens with zero attached hydrogens (tertiary/aromatic N) is 4. The van der Waals surface area contributed by atoms with Crippen LogP contribution in [-0.2, 0) is 5.88 Å². The van der Waals surface area contributed by atoms with Gasteiger partial charge < -0.3 is 5.73 Å². The van der Waals surface area contributed by atoms with Crippen molar-refractivity contribution in [3.8, 4) is 11.3 Å². The lowest BCUT2D eigenvalue weighted by molar-refractivity contribution is 0.929. The summed E-state index contributed by atoms with van der Waals surface area (Å²) in [6.07, 6.45) is 3.45. The second kappa shape index (κ2) is 5.15. The molecule has 3 aromatic heterocycles. The molecule has 0 unspecified atom stereocenters. The summed E-state index contributed by atoms with van der Waals surface area (Å²) in [5.74, 6) is 0.763. The van der Waals surface area contributed by atoms with Crippen LogP contribution in [0, 0.1) is 0 Å². The molecule has 3 rings (SSSR count). The highest BCUT2D eigenvalue weighted by molar-refractivity contribution is 7.80. The number of fused-ring (bicyclic) bond motifs is 1. The third-order valence-electron chi connectivity index (χ3n) is 2.89. The molecule has 0 fully saturated rings. The summed E-state index contributed by atoms with van der Waals surface area (Å²) in [4.78, 5) is 8.67. The molecule has 3 aromatic rings. The molecular formula is C13H10ClN5S. The van der Waals surface area contributed by atoms with Gasteiger partial charge in [-0.1, -0.05) is 12.2 Å². The lowest BCUT2D eigenvalue weighted by atomic mass is 10.1. The Balaban J connectivity index is 2.32. The Morgan fingerprint density at radius 3 is 2.65 bits per heavy atom. The van der Waals surface area contributed by atoms with Crippen molar-refractivity contribution in [3.05, 3.63) is 48.0 Å². The van der Waals surface area contributed by atoms with Crippen LogP contribution in [-0.4, -0.2) is 24.6 Å². The van der Waals surface area contributed by atoms with Crippen molar-refractivity contribution in [2.45, 2.75) is 5.88 Å². The fourth-order valence-corrected chi connectivity index (χ4v) is 2.27. The Bertz CT molecular complexity index is 784. The highest BCUT2D eigenvalue weighted by Crippen LogP contribution is 2.22. The first-order valence-corrected chi connectivity index (χ1v) is 6.80. The smallest absolute Gasteiger partial charge is 0.166 e. The van der Waals surface area contributed by atoms with E-state index in [1.165, 1.54) is 0 Å². The molecular weight excluding hydrogens is 294 g/mol. The minimum atomic E-state index is 0.230. The number of thiocarbonyl (C=S) groups is 1. The number of halogens is 1. The van der Waals surface area contributed by atoms with Crippen molar-refractivity contribution in [2.75, 3.05) is 0 Å². The molecule has 0 atom stereocenters. The maximum Gasteiger partial charge on any atom is 0.166 e. The normalized spacial score (nSPS) is 10.8. The Kier molecular flexibility index (Phi) is 3.33. The minimum absolute atomic E-state index is 0.230. The molecule has 2 N–H and O–H groups in total. The molecule has 0 aromatic carbocycles. The maximum absolute atomic E-state index is 5.82. The van der Waals surface area contributed by atoms with Crippen LogP contribution < -0.4 is 5.73 Å². The van der Waals surface area contributed by atoms with Crippen LogP contribution in [0.2, 0.25) is 0 Å².